The normalized spacial score (nSPS) is 15.1. The molecule has 1 aliphatic heterocycles. The fourth-order valence-electron chi connectivity index (χ4n) is 3.19. The fourth-order valence-corrected chi connectivity index (χ4v) is 4.45. The number of hydrogen-bond acceptors (Lipinski definition) is 7. The van der Waals surface area contributed by atoms with Crippen molar-refractivity contribution in [3.8, 4) is 17.0 Å². The number of hydrogen-bond donors (Lipinski definition) is 1. The van der Waals surface area contributed by atoms with Crippen LogP contribution in [0.2, 0.25) is 5.02 Å². The summed E-state index contributed by atoms with van der Waals surface area (Å²) in [5.74, 6) is 0.621. The molecule has 1 atom stereocenters. The monoisotopic (exact) mass is 446 g/mol. The van der Waals surface area contributed by atoms with Crippen LogP contribution >= 0.6 is 34.7 Å². The van der Waals surface area contributed by atoms with E-state index in [-0.39, 0.29) is 18.4 Å². The molecule has 0 saturated carbocycles. The lowest BCUT2D eigenvalue weighted by Gasteiger charge is -2.12. The molecule has 4 rings (SSSR count). The van der Waals surface area contributed by atoms with Crippen LogP contribution in [0.1, 0.15) is 16.3 Å². The molecule has 1 N–H and O–H groups in total. The zero-order valence-electron chi connectivity index (χ0n) is 15.9. The first-order chi connectivity index (χ1) is 14.0. The van der Waals surface area contributed by atoms with Crippen LogP contribution in [-0.2, 0) is 17.6 Å². The number of carbonyl (C=O) groups is 1. The van der Waals surface area contributed by atoms with E-state index in [2.05, 4.69) is 20.3 Å². The molecule has 3 aromatic rings. The number of carbonyl (C=O) groups excluding carboxylic acids is 1. The van der Waals surface area contributed by atoms with Crippen LogP contribution in [0, 0.1) is 6.92 Å². The lowest BCUT2D eigenvalue weighted by molar-refractivity contribution is -0.120. The lowest BCUT2D eigenvalue weighted by atomic mass is 10.0. The minimum atomic E-state index is -0.147. The van der Waals surface area contributed by atoms with Crippen LogP contribution in [-0.4, -0.2) is 39.8 Å². The molecule has 3 heterocycles. The highest BCUT2D eigenvalue weighted by molar-refractivity contribution is 7.98. The minimum absolute atomic E-state index is 0.0628. The van der Waals surface area contributed by atoms with E-state index in [0.29, 0.717) is 28.9 Å². The molecule has 1 aromatic carbocycles. The maximum Gasteiger partial charge on any atom is 0.226 e. The van der Waals surface area contributed by atoms with Crippen molar-refractivity contribution in [1.29, 1.82) is 0 Å². The Morgan fingerprint density at radius 2 is 2.28 bits per heavy atom. The summed E-state index contributed by atoms with van der Waals surface area (Å²) < 4.78 is 5.98. The largest absolute Gasteiger partial charge is 0.486 e. The molecule has 0 aliphatic carbocycles. The predicted molar refractivity (Wildman–Crippen MR) is 116 cm³/mol. The Bertz CT molecular complexity index is 1060. The van der Waals surface area contributed by atoms with Crippen molar-refractivity contribution >= 4 is 40.6 Å². The second-order valence-corrected chi connectivity index (χ2v) is 8.90. The molecule has 0 radical (unpaired) electrons. The first kappa shape index (κ1) is 20.1. The van der Waals surface area contributed by atoms with Crippen molar-refractivity contribution < 1.29 is 9.53 Å². The zero-order valence-corrected chi connectivity index (χ0v) is 18.3. The molecule has 0 bridgehead atoms. The van der Waals surface area contributed by atoms with Crippen molar-refractivity contribution in [3.05, 3.63) is 51.1 Å². The van der Waals surface area contributed by atoms with E-state index in [1.165, 1.54) is 11.8 Å². The molecule has 6 nitrogen and oxygen atoms in total. The Balaban J connectivity index is 1.41. The molecule has 150 valence electrons. The third-order valence-electron chi connectivity index (χ3n) is 4.50. The zero-order chi connectivity index (χ0) is 20.4. The van der Waals surface area contributed by atoms with Crippen LogP contribution in [0.15, 0.2) is 34.9 Å². The minimum Gasteiger partial charge on any atom is -0.486 e. The summed E-state index contributed by atoms with van der Waals surface area (Å²) in [5, 5.41) is 7.07. The second-order valence-electron chi connectivity index (χ2n) is 6.66. The van der Waals surface area contributed by atoms with E-state index in [1.54, 1.807) is 17.5 Å². The van der Waals surface area contributed by atoms with Gasteiger partial charge in [0.15, 0.2) is 5.16 Å². The Hall–Kier alpha value is -2.16. The van der Waals surface area contributed by atoms with Gasteiger partial charge in [-0.25, -0.2) is 15.0 Å². The topological polar surface area (TPSA) is 77.0 Å². The van der Waals surface area contributed by atoms with Crippen molar-refractivity contribution in [2.45, 2.75) is 31.0 Å². The number of fused-ring (bicyclic) bond motifs is 1. The van der Waals surface area contributed by atoms with Crippen molar-refractivity contribution in [2.24, 2.45) is 0 Å². The van der Waals surface area contributed by atoms with Crippen molar-refractivity contribution in [1.82, 2.24) is 20.3 Å². The fraction of sp³-hybridized carbons (Fsp3) is 0.300. The number of nitrogens with one attached hydrogen (secondary N) is 1. The standard InChI is InChI=1S/C20H19ClN4O2S2/c1-11-24-14(10-29-11)8-18(26)23-9-15-6-13-5-12(7-16(21)19(13)27-15)17-3-4-22-20(25-17)28-2/h3-5,7,10,15H,6,8-9H2,1-2H3,(H,23,26). The molecule has 1 amide bonds. The molecule has 0 spiro atoms. The first-order valence-corrected chi connectivity index (χ1v) is 11.5. The highest BCUT2D eigenvalue weighted by Gasteiger charge is 2.26. The number of thioether (sulfide) groups is 1. The SMILES string of the molecule is CSc1nccc(-c2cc(Cl)c3c(c2)CC(CNC(=O)Cc2csc(C)n2)O3)n1. The van der Waals surface area contributed by atoms with Gasteiger partial charge in [0, 0.05) is 29.1 Å². The number of nitrogens with zero attached hydrogens (tertiary/aromatic N) is 3. The van der Waals surface area contributed by atoms with Gasteiger partial charge in [-0.05, 0) is 31.4 Å². The van der Waals surface area contributed by atoms with Crippen LogP contribution in [0.25, 0.3) is 11.3 Å². The summed E-state index contributed by atoms with van der Waals surface area (Å²) in [6.07, 6.45) is 4.50. The summed E-state index contributed by atoms with van der Waals surface area (Å²) in [6.45, 7) is 2.35. The van der Waals surface area contributed by atoms with E-state index >= 15 is 0 Å². The molecule has 0 fully saturated rings. The third-order valence-corrected chi connectivity index (χ3v) is 6.16. The molecule has 0 saturated heterocycles. The number of benzene rings is 1. The van der Waals surface area contributed by atoms with E-state index < -0.39 is 0 Å². The second kappa shape index (κ2) is 8.69. The Morgan fingerprint density at radius 1 is 1.41 bits per heavy atom. The smallest absolute Gasteiger partial charge is 0.226 e. The molecule has 2 aromatic heterocycles. The Labute approximate surface area is 182 Å². The number of rotatable bonds is 6. The Kier molecular flexibility index (Phi) is 6.03. The molecular weight excluding hydrogens is 428 g/mol. The maximum absolute atomic E-state index is 12.2. The van der Waals surface area contributed by atoms with Gasteiger partial charge >= 0.3 is 0 Å². The van der Waals surface area contributed by atoms with Gasteiger partial charge in [-0.15, -0.1) is 11.3 Å². The van der Waals surface area contributed by atoms with Crippen LogP contribution in [0.4, 0.5) is 0 Å². The lowest BCUT2D eigenvalue weighted by Crippen LogP contribution is -2.35. The van der Waals surface area contributed by atoms with Gasteiger partial charge in [0.2, 0.25) is 5.91 Å². The van der Waals surface area contributed by atoms with E-state index in [1.807, 2.05) is 36.8 Å². The van der Waals surface area contributed by atoms with Crippen molar-refractivity contribution in [2.75, 3.05) is 12.8 Å². The van der Waals surface area contributed by atoms with Gasteiger partial charge in [0.25, 0.3) is 0 Å². The average molecular weight is 447 g/mol. The van der Waals surface area contributed by atoms with Gasteiger partial charge in [0.1, 0.15) is 11.9 Å². The van der Waals surface area contributed by atoms with Crippen molar-refractivity contribution in [3.63, 3.8) is 0 Å². The maximum atomic E-state index is 12.2. The number of aryl methyl sites for hydroxylation is 1. The van der Waals surface area contributed by atoms with Gasteiger partial charge in [-0.1, -0.05) is 23.4 Å². The highest BCUT2D eigenvalue weighted by atomic mass is 35.5. The summed E-state index contributed by atoms with van der Waals surface area (Å²) in [5.41, 5.74) is 3.57. The van der Waals surface area contributed by atoms with Gasteiger partial charge < -0.3 is 10.1 Å². The van der Waals surface area contributed by atoms with Crippen LogP contribution in [0.5, 0.6) is 5.75 Å². The number of aromatic nitrogens is 3. The quantitative estimate of drug-likeness (QED) is 0.456. The number of ether oxygens (including phenoxy) is 1. The summed E-state index contributed by atoms with van der Waals surface area (Å²) in [6, 6.07) is 5.78. The molecule has 29 heavy (non-hydrogen) atoms. The summed E-state index contributed by atoms with van der Waals surface area (Å²) in [7, 11) is 0. The van der Waals surface area contributed by atoms with E-state index in [9.17, 15) is 4.79 Å². The summed E-state index contributed by atoms with van der Waals surface area (Å²) >= 11 is 9.51. The first-order valence-electron chi connectivity index (χ1n) is 9.06. The third kappa shape index (κ3) is 4.71. The highest BCUT2D eigenvalue weighted by Crippen LogP contribution is 2.39. The number of thiazole rings is 1. The van der Waals surface area contributed by atoms with Crippen LogP contribution < -0.4 is 10.1 Å². The number of amides is 1. The molecule has 1 aliphatic rings. The average Bonchev–Trinajstić information content (AvgIpc) is 3.32. The molecular formula is C20H19ClN4O2S2. The van der Waals surface area contributed by atoms with Gasteiger partial charge in [0.05, 0.1) is 34.4 Å². The van der Waals surface area contributed by atoms with Gasteiger partial charge in [-0.2, -0.15) is 0 Å². The van der Waals surface area contributed by atoms with Gasteiger partial charge in [-0.3, -0.25) is 4.79 Å². The van der Waals surface area contributed by atoms with E-state index in [4.69, 9.17) is 16.3 Å². The van der Waals surface area contributed by atoms with E-state index in [0.717, 1.165) is 27.5 Å². The summed E-state index contributed by atoms with van der Waals surface area (Å²) in [4.78, 5) is 25.2. The molecule has 9 heteroatoms. The number of halogens is 1. The van der Waals surface area contributed by atoms with Crippen LogP contribution in [0.3, 0.4) is 0 Å². The Morgan fingerprint density at radius 3 is 3.03 bits per heavy atom. The molecule has 1 unspecified atom stereocenters. The predicted octanol–water partition coefficient (Wildman–Crippen LogP) is 3.95.